The molecule has 1 fully saturated rings. The van der Waals surface area contributed by atoms with Crippen LogP contribution in [0.15, 0.2) is 4.99 Å². The molecule has 0 unspecified atom stereocenters. The van der Waals surface area contributed by atoms with Crippen molar-refractivity contribution < 1.29 is 13.2 Å². The summed E-state index contributed by atoms with van der Waals surface area (Å²) in [6.07, 6.45) is 4.71. The van der Waals surface area contributed by atoms with Gasteiger partial charge in [-0.25, -0.2) is 13.4 Å². The standard InChI is InChI=1S/C9H15NO3S/c11-14(12,9-10-6-7-13-9)8-4-2-1-3-5-8/h8H,1-7H2. The molecule has 0 saturated heterocycles. The summed E-state index contributed by atoms with van der Waals surface area (Å²) >= 11 is 0. The zero-order valence-corrected chi connectivity index (χ0v) is 8.92. The highest BCUT2D eigenvalue weighted by Gasteiger charge is 2.34. The monoisotopic (exact) mass is 217 g/mol. The topological polar surface area (TPSA) is 55.7 Å². The van der Waals surface area contributed by atoms with E-state index in [2.05, 4.69) is 4.99 Å². The number of sulfone groups is 1. The average molecular weight is 217 g/mol. The third kappa shape index (κ3) is 1.78. The fourth-order valence-corrected chi connectivity index (χ4v) is 3.76. The second-order valence-electron chi connectivity index (χ2n) is 3.80. The van der Waals surface area contributed by atoms with Gasteiger partial charge in [0.05, 0.1) is 11.8 Å². The van der Waals surface area contributed by atoms with Crippen LogP contribution in [-0.2, 0) is 14.6 Å². The Hall–Kier alpha value is -0.580. The Kier molecular flexibility index (Phi) is 2.76. The number of hydrogen-bond donors (Lipinski definition) is 0. The molecule has 0 aromatic carbocycles. The minimum Gasteiger partial charge on any atom is -0.468 e. The Morgan fingerprint density at radius 3 is 2.50 bits per heavy atom. The van der Waals surface area contributed by atoms with Crippen LogP contribution in [0.1, 0.15) is 32.1 Å². The van der Waals surface area contributed by atoms with E-state index in [4.69, 9.17) is 4.74 Å². The van der Waals surface area contributed by atoms with Crippen LogP contribution in [0.2, 0.25) is 0 Å². The van der Waals surface area contributed by atoms with Crippen LogP contribution in [-0.4, -0.2) is 32.0 Å². The molecule has 0 aromatic rings. The van der Waals surface area contributed by atoms with Crippen molar-refractivity contribution in [3.63, 3.8) is 0 Å². The van der Waals surface area contributed by atoms with Gasteiger partial charge in [-0.3, -0.25) is 0 Å². The van der Waals surface area contributed by atoms with Crippen molar-refractivity contribution in [3.8, 4) is 0 Å². The number of ether oxygens (including phenoxy) is 1. The number of aliphatic imine (C=N–C) groups is 1. The van der Waals surface area contributed by atoms with Crippen molar-refractivity contribution in [1.82, 2.24) is 0 Å². The van der Waals surface area contributed by atoms with Crippen LogP contribution < -0.4 is 0 Å². The molecule has 1 heterocycles. The summed E-state index contributed by atoms with van der Waals surface area (Å²) in [6.45, 7) is 0.905. The summed E-state index contributed by atoms with van der Waals surface area (Å²) in [5.41, 5.74) is 0. The quantitative estimate of drug-likeness (QED) is 0.661. The van der Waals surface area contributed by atoms with Gasteiger partial charge in [-0.05, 0) is 12.8 Å². The predicted octanol–water partition coefficient (Wildman–Crippen LogP) is 1.12. The maximum atomic E-state index is 11.9. The molecular formula is C9H15NO3S. The molecule has 0 atom stereocenters. The van der Waals surface area contributed by atoms with Crippen LogP contribution in [0.4, 0.5) is 0 Å². The van der Waals surface area contributed by atoms with Crippen LogP contribution in [0, 0.1) is 0 Å². The molecule has 80 valence electrons. The van der Waals surface area contributed by atoms with Gasteiger partial charge >= 0.3 is 5.23 Å². The Balaban J connectivity index is 2.14. The third-order valence-corrected chi connectivity index (χ3v) is 4.87. The van der Waals surface area contributed by atoms with Crippen molar-refractivity contribution >= 4 is 15.1 Å². The fraction of sp³-hybridized carbons (Fsp3) is 0.889. The predicted molar refractivity (Wildman–Crippen MR) is 54.0 cm³/mol. The number of hydrogen-bond acceptors (Lipinski definition) is 4. The normalized spacial score (nSPS) is 24.4. The molecule has 0 radical (unpaired) electrons. The SMILES string of the molecule is O=S(=O)(C1=NCCO1)C1CCCCC1. The maximum Gasteiger partial charge on any atom is 0.305 e. The first-order chi connectivity index (χ1) is 6.71. The Morgan fingerprint density at radius 2 is 1.93 bits per heavy atom. The van der Waals surface area contributed by atoms with Crippen molar-refractivity contribution in [2.75, 3.05) is 13.2 Å². The van der Waals surface area contributed by atoms with Crippen LogP contribution >= 0.6 is 0 Å². The van der Waals surface area contributed by atoms with Gasteiger partial charge < -0.3 is 4.74 Å². The first kappa shape index (κ1) is 9.96. The molecule has 0 N–H and O–H groups in total. The van der Waals surface area contributed by atoms with Crippen molar-refractivity contribution in [2.24, 2.45) is 4.99 Å². The highest BCUT2D eigenvalue weighted by atomic mass is 32.2. The molecule has 2 rings (SSSR count). The van der Waals surface area contributed by atoms with Crippen LogP contribution in [0.3, 0.4) is 0 Å². The lowest BCUT2D eigenvalue weighted by Gasteiger charge is -2.20. The lowest BCUT2D eigenvalue weighted by Crippen LogP contribution is -2.30. The first-order valence-electron chi connectivity index (χ1n) is 5.12. The smallest absolute Gasteiger partial charge is 0.305 e. The van der Waals surface area contributed by atoms with Crippen molar-refractivity contribution in [3.05, 3.63) is 0 Å². The van der Waals surface area contributed by atoms with E-state index in [9.17, 15) is 8.42 Å². The van der Waals surface area contributed by atoms with E-state index in [1.807, 2.05) is 0 Å². The van der Waals surface area contributed by atoms with Gasteiger partial charge in [0.25, 0.3) is 0 Å². The van der Waals surface area contributed by atoms with Gasteiger partial charge in [-0.1, -0.05) is 19.3 Å². The molecule has 1 aliphatic heterocycles. The van der Waals surface area contributed by atoms with E-state index in [0.717, 1.165) is 32.1 Å². The summed E-state index contributed by atoms with van der Waals surface area (Å²) in [5.74, 6) is 0. The highest BCUT2D eigenvalue weighted by molar-refractivity contribution is 8.06. The van der Waals surface area contributed by atoms with Gasteiger partial charge in [-0.15, -0.1) is 0 Å². The van der Waals surface area contributed by atoms with Crippen LogP contribution in [0.5, 0.6) is 0 Å². The second kappa shape index (κ2) is 3.88. The molecule has 0 bridgehead atoms. The van der Waals surface area contributed by atoms with Gasteiger partial charge in [0.1, 0.15) is 6.61 Å². The van der Waals surface area contributed by atoms with E-state index in [-0.39, 0.29) is 10.5 Å². The molecule has 1 aliphatic carbocycles. The minimum absolute atomic E-state index is 0.00981. The summed E-state index contributed by atoms with van der Waals surface area (Å²) in [4.78, 5) is 3.89. The Labute approximate surface area is 84.3 Å². The van der Waals surface area contributed by atoms with Gasteiger partial charge in [-0.2, -0.15) is 0 Å². The zero-order valence-electron chi connectivity index (χ0n) is 8.11. The lowest BCUT2D eigenvalue weighted by atomic mass is 10.0. The largest absolute Gasteiger partial charge is 0.468 e. The molecular weight excluding hydrogens is 202 g/mol. The molecule has 14 heavy (non-hydrogen) atoms. The van der Waals surface area contributed by atoms with E-state index in [0.29, 0.717) is 13.2 Å². The molecule has 1 saturated carbocycles. The Morgan fingerprint density at radius 1 is 1.21 bits per heavy atom. The van der Waals surface area contributed by atoms with Crippen molar-refractivity contribution in [1.29, 1.82) is 0 Å². The first-order valence-corrected chi connectivity index (χ1v) is 6.67. The molecule has 4 nitrogen and oxygen atoms in total. The molecule has 2 aliphatic rings. The van der Waals surface area contributed by atoms with E-state index in [1.54, 1.807) is 0 Å². The molecule has 0 amide bonds. The number of nitrogens with zero attached hydrogens (tertiary/aromatic N) is 1. The summed E-state index contributed by atoms with van der Waals surface area (Å²) in [6, 6.07) is 0. The van der Waals surface area contributed by atoms with E-state index >= 15 is 0 Å². The zero-order chi connectivity index (χ0) is 10.0. The Bertz CT molecular complexity index is 328. The lowest BCUT2D eigenvalue weighted by molar-refractivity contribution is 0.351. The van der Waals surface area contributed by atoms with E-state index < -0.39 is 9.84 Å². The minimum atomic E-state index is -3.23. The number of rotatable bonds is 1. The van der Waals surface area contributed by atoms with Crippen molar-refractivity contribution in [2.45, 2.75) is 37.4 Å². The van der Waals surface area contributed by atoms with Crippen LogP contribution in [0.25, 0.3) is 0 Å². The molecule has 0 spiro atoms. The fourth-order valence-electron chi connectivity index (χ4n) is 2.01. The van der Waals surface area contributed by atoms with E-state index in [1.165, 1.54) is 0 Å². The maximum absolute atomic E-state index is 11.9. The second-order valence-corrected chi connectivity index (χ2v) is 5.91. The summed E-state index contributed by atoms with van der Waals surface area (Å²) in [7, 11) is -3.23. The summed E-state index contributed by atoms with van der Waals surface area (Å²) in [5, 5.41) is -0.252. The van der Waals surface area contributed by atoms with Gasteiger partial charge in [0.15, 0.2) is 0 Å². The molecule has 0 aromatic heterocycles. The highest BCUT2D eigenvalue weighted by Crippen LogP contribution is 2.25. The third-order valence-electron chi connectivity index (χ3n) is 2.79. The summed E-state index contributed by atoms with van der Waals surface area (Å²) < 4.78 is 28.9. The van der Waals surface area contributed by atoms with Gasteiger partial charge in [0, 0.05) is 0 Å². The van der Waals surface area contributed by atoms with Gasteiger partial charge in [0.2, 0.25) is 9.84 Å². The average Bonchev–Trinajstić information content (AvgIpc) is 2.72. The molecule has 5 heteroatoms.